The average molecular weight is 255 g/mol. The predicted octanol–water partition coefficient (Wildman–Crippen LogP) is 2.25. The number of likely N-dealkylation sites (N-methyl/N-ethyl adjacent to an activating group) is 1. The lowest BCUT2D eigenvalue weighted by molar-refractivity contribution is 0.112. The molecule has 2 amide bonds. The van der Waals surface area contributed by atoms with Gasteiger partial charge in [-0.2, -0.15) is 0 Å². The molecule has 0 bridgehead atoms. The molecule has 0 aromatic heterocycles. The maximum atomic E-state index is 12.0. The normalized spacial score (nSPS) is 18.1. The summed E-state index contributed by atoms with van der Waals surface area (Å²) in [5, 5.41) is 0. The first-order chi connectivity index (χ1) is 8.05. The fraction of sp³-hybridized carbons (Fsp3) is 0.929. The van der Waals surface area contributed by atoms with Crippen LogP contribution in [0.1, 0.15) is 41.0 Å². The van der Waals surface area contributed by atoms with Gasteiger partial charge in [-0.25, -0.2) is 4.79 Å². The van der Waals surface area contributed by atoms with Crippen molar-refractivity contribution in [2.24, 2.45) is 0 Å². The van der Waals surface area contributed by atoms with Gasteiger partial charge in [0.2, 0.25) is 0 Å². The Morgan fingerprint density at radius 2 is 1.72 bits per heavy atom. The summed E-state index contributed by atoms with van der Waals surface area (Å²) in [5.74, 6) is 0. The molecule has 1 heterocycles. The van der Waals surface area contributed by atoms with Crippen molar-refractivity contribution in [1.82, 2.24) is 14.7 Å². The summed E-state index contributed by atoms with van der Waals surface area (Å²) in [7, 11) is 4.02. The molecule has 0 unspecified atom stereocenters. The largest absolute Gasteiger partial charge is 0.326 e. The van der Waals surface area contributed by atoms with E-state index in [1.807, 2.05) is 11.9 Å². The van der Waals surface area contributed by atoms with E-state index < -0.39 is 0 Å². The zero-order valence-corrected chi connectivity index (χ0v) is 13.1. The lowest BCUT2D eigenvalue weighted by atomic mass is 9.96. The maximum absolute atomic E-state index is 12.0. The van der Waals surface area contributed by atoms with Crippen molar-refractivity contribution in [3.05, 3.63) is 0 Å². The Hall–Kier alpha value is -0.770. The molecule has 1 rings (SSSR count). The van der Waals surface area contributed by atoms with E-state index in [-0.39, 0.29) is 17.1 Å². The first-order valence-electron chi connectivity index (χ1n) is 6.80. The van der Waals surface area contributed by atoms with E-state index in [1.165, 1.54) is 0 Å². The first kappa shape index (κ1) is 15.3. The van der Waals surface area contributed by atoms with Crippen LogP contribution in [0, 0.1) is 0 Å². The number of hydrogen-bond donors (Lipinski definition) is 0. The van der Waals surface area contributed by atoms with Gasteiger partial charge in [-0.15, -0.1) is 0 Å². The molecule has 0 aliphatic carbocycles. The van der Waals surface area contributed by atoms with Gasteiger partial charge < -0.3 is 14.7 Å². The molecule has 4 heteroatoms. The monoisotopic (exact) mass is 255 g/mol. The molecule has 1 aliphatic heterocycles. The van der Waals surface area contributed by atoms with Crippen LogP contribution in [0.3, 0.4) is 0 Å². The fourth-order valence-corrected chi connectivity index (χ4v) is 2.12. The predicted molar refractivity (Wildman–Crippen MR) is 75.8 cm³/mol. The second-order valence-electron chi connectivity index (χ2n) is 7.01. The Bertz CT molecular complexity index is 307. The Morgan fingerprint density at radius 1 is 1.17 bits per heavy atom. The summed E-state index contributed by atoms with van der Waals surface area (Å²) in [6.45, 7) is 13.7. The second-order valence-corrected chi connectivity index (χ2v) is 7.01. The summed E-state index contributed by atoms with van der Waals surface area (Å²) in [4.78, 5) is 18.2. The maximum Gasteiger partial charge on any atom is 0.320 e. The van der Waals surface area contributed by atoms with Gasteiger partial charge in [0.15, 0.2) is 0 Å². The molecule has 0 aromatic carbocycles. The van der Waals surface area contributed by atoms with Gasteiger partial charge >= 0.3 is 6.03 Å². The molecule has 0 aromatic rings. The second kappa shape index (κ2) is 5.08. The molecular formula is C14H29N3O. The van der Waals surface area contributed by atoms with Gasteiger partial charge in [0.1, 0.15) is 0 Å². The van der Waals surface area contributed by atoms with Crippen LogP contribution in [-0.2, 0) is 0 Å². The standard InChI is InChI=1S/C14H29N3O/c1-13(2,3)16(7)9-8-14(4,5)17-11-10-15(6)12(17)18/h8-11H2,1-7H3. The number of urea groups is 1. The molecule has 1 saturated heterocycles. The first-order valence-corrected chi connectivity index (χ1v) is 6.80. The summed E-state index contributed by atoms with van der Waals surface area (Å²) < 4.78 is 0. The van der Waals surface area contributed by atoms with Crippen LogP contribution < -0.4 is 0 Å². The highest BCUT2D eigenvalue weighted by molar-refractivity contribution is 5.77. The molecule has 0 spiro atoms. The fourth-order valence-electron chi connectivity index (χ4n) is 2.12. The summed E-state index contributed by atoms with van der Waals surface area (Å²) in [6.07, 6.45) is 1.00. The number of hydrogen-bond acceptors (Lipinski definition) is 2. The average Bonchev–Trinajstić information content (AvgIpc) is 2.55. The lowest BCUT2D eigenvalue weighted by Crippen LogP contribution is -2.49. The van der Waals surface area contributed by atoms with Crippen molar-refractivity contribution >= 4 is 6.03 Å². The number of carbonyl (C=O) groups excluding carboxylic acids is 1. The highest BCUT2D eigenvalue weighted by Gasteiger charge is 2.37. The third-order valence-corrected chi connectivity index (χ3v) is 4.15. The van der Waals surface area contributed by atoms with Gasteiger partial charge in [-0.1, -0.05) is 0 Å². The SMILES string of the molecule is CN1CCN(C(C)(C)CCN(C)C(C)(C)C)C1=O. The molecule has 0 radical (unpaired) electrons. The van der Waals surface area contributed by atoms with Crippen molar-refractivity contribution in [3.8, 4) is 0 Å². The Labute approximate surface area is 112 Å². The summed E-state index contributed by atoms with van der Waals surface area (Å²) >= 11 is 0. The Balaban J connectivity index is 2.58. The molecule has 0 saturated carbocycles. The molecule has 0 atom stereocenters. The molecule has 18 heavy (non-hydrogen) atoms. The smallest absolute Gasteiger partial charge is 0.320 e. The molecule has 106 valence electrons. The van der Waals surface area contributed by atoms with E-state index in [9.17, 15) is 4.79 Å². The third kappa shape index (κ3) is 3.37. The number of carbonyl (C=O) groups is 1. The molecule has 1 fully saturated rings. The number of nitrogens with zero attached hydrogens (tertiary/aromatic N) is 3. The van der Waals surface area contributed by atoms with Gasteiger partial charge in [0.05, 0.1) is 0 Å². The van der Waals surface area contributed by atoms with Crippen LogP contribution in [0.4, 0.5) is 4.79 Å². The van der Waals surface area contributed by atoms with Gasteiger partial charge in [-0.05, 0) is 48.1 Å². The number of amides is 2. The topological polar surface area (TPSA) is 26.8 Å². The highest BCUT2D eigenvalue weighted by atomic mass is 16.2. The Kier molecular flexibility index (Phi) is 4.31. The van der Waals surface area contributed by atoms with E-state index >= 15 is 0 Å². The van der Waals surface area contributed by atoms with Crippen molar-refractivity contribution < 1.29 is 4.79 Å². The lowest BCUT2D eigenvalue weighted by Gasteiger charge is -2.39. The molecule has 4 nitrogen and oxygen atoms in total. The van der Waals surface area contributed by atoms with E-state index in [2.05, 4.69) is 46.6 Å². The van der Waals surface area contributed by atoms with Crippen LogP contribution in [0.15, 0.2) is 0 Å². The van der Waals surface area contributed by atoms with Crippen LogP contribution in [0.25, 0.3) is 0 Å². The van der Waals surface area contributed by atoms with Crippen LogP contribution >= 0.6 is 0 Å². The summed E-state index contributed by atoms with van der Waals surface area (Å²) in [6, 6.07) is 0.165. The zero-order chi connectivity index (χ0) is 14.1. The minimum absolute atomic E-state index is 0.0681. The van der Waals surface area contributed by atoms with Crippen molar-refractivity contribution in [3.63, 3.8) is 0 Å². The zero-order valence-electron chi connectivity index (χ0n) is 13.1. The summed E-state index contributed by atoms with van der Waals surface area (Å²) in [5.41, 5.74) is 0.114. The highest BCUT2D eigenvalue weighted by Crippen LogP contribution is 2.25. The van der Waals surface area contributed by atoms with Crippen LogP contribution in [-0.4, -0.2) is 65.5 Å². The van der Waals surface area contributed by atoms with E-state index in [1.54, 1.807) is 4.90 Å². The van der Waals surface area contributed by atoms with Crippen LogP contribution in [0.5, 0.6) is 0 Å². The van der Waals surface area contributed by atoms with E-state index in [0.717, 1.165) is 26.1 Å². The van der Waals surface area contributed by atoms with Crippen LogP contribution in [0.2, 0.25) is 0 Å². The molecular weight excluding hydrogens is 226 g/mol. The van der Waals surface area contributed by atoms with Crippen molar-refractivity contribution in [1.29, 1.82) is 0 Å². The quantitative estimate of drug-likeness (QED) is 0.770. The Morgan fingerprint density at radius 3 is 2.11 bits per heavy atom. The van der Waals surface area contributed by atoms with Gasteiger partial charge in [0, 0.05) is 37.8 Å². The van der Waals surface area contributed by atoms with E-state index in [4.69, 9.17) is 0 Å². The number of rotatable bonds is 4. The molecule has 1 aliphatic rings. The van der Waals surface area contributed by atoms with Gasteiger partial charge in [-0.3, -0.25) is 0 Å². The minimum atomic E-state index is -0.0681. The molecule has 0 N–H and O–H groups in total. The minimum Gasteiger partial charge on any atom is -0.326 e. The van der Waals surface area contributed by atoms with E-state index in [0.29, 0.717) is 0 Å². The van der Waals surface area contributed by atoms with Gasteiger partial charge in [0.25, 0.3) is 0 Å². The van der Waals surface area contributed by atoms with Crippen molar-refractivity contribution in [2.45, 2.75) is 52.1 Å². The third-order valence-electron chi connectivity index (χ3n) is 4.15. The van der Waals surface area contributed by atoms with Crippen molar-refractivity contribution in [2.75, 3.05) is 33.7 Å².